The van der Waals surface area contributed by atoms with Crippen molar-refractivity contribution in [3.8, 4) is 17.2 Å². The number of fused-ring (bicyclic) bond motifs is 3. The fraction of sp³-hybridized carbons (Fsp3) is 0.276. The average molecular weight is 537 g/mol. The second-order valence-corrected chi connectivity index (χ2v) is 9.58. The lowest BCUT2D eigenvalue weighted by Crippen LogP contribution is -2.42. The van der Waals surface area contributed by atoms with Crippen molar-refractivity contribution in [3.05, 3.63) is 88.6 Å². The summed E-state index contributed by atoms with van der Waals surface area (Å²) in [6.45, 7) is 0.436. The normalized spacial score (nSPS) is 15.7. The fourth-order valence-electron chi connectivity index (χ4n) is 4.76. The van der Waals surface area contributed by atoms with Gasteiger partial charge in [-0.1, -0.05) is 23.7 Å². The van der Waals surface area contributed by atoms with Gasteiger partial charge in [-0.15, -0.1) is 0 Å². The van der Waals surface area contributed by atoms with Crippen molar-refractivity contribution in [1.29, 1.82) is 0 Å². The molecule has 1 aromatic heterocycles. The van der Waals surface area contributed by atoms with Crippen LogP contribution in [0.15, 0.2) is 66.7 Å². The van der Waals surface area contributed by atoms with E-state index >= 15 is 0 Å². The Morgan fingerprint density at radius 2 is 1.79 bits per heavy atom. The minimum absolute atomic E-state index is 0.276. The summed E-state index contributed by atoms with van der Waals surface area (Å²) in [5.41, 5.74) is 3.88. The molecule has 3 aromatic carbocycles. The van der Waals surface area contributed by atoms with E-state index < -0.39 is 18.2 Å². The fourth-order valence-corrected chi connectivity index (χ4v) is 4.93. The number of hydrogen-bond acceptors (Lipinski definition) is 6. The highest BCUT2D eigenvalue weighted by atomic mass is 35.5. The minimum atomic E-state index is -0.810. The molecule has 5 rings (SSSR count). The summed E-state index contributed by atoms with van der Waals surface area (Å²) in [5, 5.41) is 20.2. The van der Waals surface area contributed by atoms with E-state index in [1.54, 1.807) is 36.3 Å². The quantitative estimate of drug-likeness (QED) is 0.289. The zero-order chi connectivity index (χ0) is 26.6. The summed E-state index contributed by atoms with van der Waals surface area (Å²) in [6.07, 6.45) is -0.290. The number of carbonyl (C=O) groups is 1. The number of aliphatic hydroxyl groups is 2. The zero-order valence-electron chi connectivity index (χ0n) is 20.9. The molecular weight excluding hydrogens is 508 g/mol. The first-order valence-corrected chi connectivity index (χ1v) is 12.8. The summed E-state index contributed by atoms with van der Waals surface area (Å²) >= 11 is 6.30. The molecule has 38 heavy (non-hydrogen) atoms. The van der Waals surface area contributed by atoms with Gasteiger partial charge in [0, 0.05) is 34.6 Å². The monoisotopic (exact) mass is 536 g/mol. The number of H-pyrrole nitrogens is 1. The largest absolute Gasteiger partial charge is 0.497 e. The number of aromatic amines is 1. The van der Waals surface area contributed by atoms with Crippen LogP contribution >= 0.6 is 11.6 Å². The maximum absolute atomic E-state index is 13.5. The van der Waals surface area contributed by atoms with Crippen LogP contribution in [-0.2, 0) is 6.42 Å². The summed E-state index contributed by atoms with van der Waals surface area (Å²) in [7, 11) is 1.58. The molecule has 0 saturated carbocycles. The van der Waals surface area contributed by atoms with Crippen molar-refractivity contribution >= 4 is 28.6 Å². The predicted molar refractivity (Wildman–Crippen MR) is 144 cm³/mol. The van der Waals surface area contributed by atoms with Gasteiger partial charge < -0.3 is 29.4 Å². The maximum atomic E-state index is 13.5. The molecule has 0 bridgehead atoms. The molecule has 198 valence electrons. The topological polar surface area (TPSA) is 104 Å². The molecule has 3 N–H and O–H groups in total. The highest BCUT2D eigenvalue weighted by Crippen LogP contribution is 2.40. The van der Waals surface area contributed by atoms with Gasteiger partial charge in [0.05, 0.1) is 26.4 Å². The Labute approximate surface area is 225 Å². The van der Waals surface area contributed by atoms with Gasteiger partial charge in [-0.3, -0.25) is 4.90 Å². The third kappa shape index (κ3) is 5.43. The van der Waals surface area contributed by atoms with Gasteiger partial charge in [-0.2, -0.15) is 0 Å². The molecule has 2 atom stereocenters. The molecular formula is C29H29ClN2O6. The number of amides is 1. The molecule has 2 heterocycles. The maximum Gasteiger partial charge on any atom is 0.416 e. The van der Waals surface area contributed by atoms with Crippen molar-refractivity contribution in [3.63, 3.8) is 0 Å². The number of methoxy groups -OCH3 is 1. The molecule has 0 spiro atoms. The second kappa shape index (κ2) is 11.3. The molecule has 1 aliphatic heterocycles. The SMILES string of the molecule is COc1ccc(OC(=O)N2CCc3c([nH]c4ccc(Cl)cc34)[C@@H]2c2ccc(OCC[C@@H](O)CO)cc2)cc1. The van der Waals surface area contributed by atoms with E-state index in [0.717, 1.165) is 27.7 Å². The summed E-state index contributed by atoms with van der Waals surface area (Å²) < 4.78 is 16.7. The number of halogens is 1. The number of nitrogens with zero attached hydrogens (tertiary/aromatic N) is 1. The number of aromatic nitrogens is 1. The smallest absolute Gasteiger partial charge is 0.416 e. The van der Waals surface area contributed by atoms with Gasteiger partial charge in [0.1, 0.15) is 23.3 Å². The van der Waals surface area contributed by atoms with Crippen LogP contribution in [0.3, 0.4) is 0 Å². The molecule has 1 amide bonds. The standard InChI is InChI=1S/C29H29ClN2O6/c1-36-21-7-9-23(10-8-21)38-29(35)32-14-12-24-25-16-19(30)4-11-26(25)31-27(24)28(32)18-2-5-22(6-3-18)37-15-13-20(34)17-33/h2-11,16,20,28,31,33-34H,12-15,17H2,1H3/t20-,28+/m1/s1. The summed E-state index contributed by atoms with van der Waals surface area (Å²) in [6, 6.07) is 19.7. The van der Waals surface area contributed by atoms with Crippen molar-refractivity contribution < 1.29 is 29.2 Å². The van der Waals surface area contributed by atoms with Crippen LogP contribution in [0, 0.1) is 0 Å². The summed E-state index contributed by atoms with van der Waals surface area (Å²) in [4.78, 5) is 18.7. The molecule has 4 aromatic rings. The Hall–Kier alpha value is -3.72. The van der Waals surface area contributed by atoms with Crippen LogP contribution in [0.25, 0.3) is 10.9 Å². The van der Waals surface area contributed by atoms with Crippen molar-refractivity contribution in [2.45, 2.75) is 25.0 Å². The molecule has 0 saturated heterocycles. The average Bonchev–Trinajstić information content (AvgIpc) is 3.31. The first-order valence-electron chi connectivity index (χ1n) is 12.4. The number of carbonyl (C=O) groups excluding carboxylic acids is 1. The molecule has 0 radical (unpaired) electrons. The Balaban J connectivity index is 1.45. The zero-order valence-corrected chi connectivity index (χ0v) is 21.6. The lowest BCUT2D eigenvalue weighted by atomic mass is 9.92. The van der Waals surface area contributed by atoms with Crippen LogP contribution < -0.4 is 14.2 Å². The van der Waals surface area contributed by atoms with E-state index in [1.807, 2.05) is 42.5 Å². The van der Waals surface area contributed by atoms with Gasteiger partial charge >= 0.3 is 6.09 Å². The third-order valence-electron chi connectivity index (χ3n) is 6.71. The van der Waals surface area contributed by atoms with E-state index in [0.29, 0.717) is 41.7 Å². The van der Waals surface area contributed by atoms with Crippen molar-refractivity contribution in [2.75, 3.05) is 26.9 Å². The summed E-state index contributed by atoms with van der Waals surface area (Å²) in [5.74, 6) is 1.73. The number of rotatable bonds is 8. The van der Waals surface area contributed by atoms with Crippen molar-refractivity contribution in [2.24, 2.45) is 0 Å². The van der Waals surface area contributed by atoms with E-state index in [9.17, 15) is 9.90 Å². The molecule has 0 unspecified atom stereocenters. The predicted octanol–water partition coefficient (Wildman–Crippen LogP) is 5.10. The Kier molecular flexibility index (Phi) is 7.74. The Morgan fingerprint density at radius 1 is 1.08 bits per heavy atom. The van der Waals surface area contributed by atoms with Crippen LogP contribution in [0.1, 0.15) is 29.3 Å². The van der Waals surface area contributed by atoms with E-state index in [2.05, 4.69) is 4.98 Å². The number of ether oxygens (including phenoxy) is 3. The van der Waals surface area contributed by atoms with Gasteiger partial charge in [-0.05, 0) is 72.1 Å². The molecule has 9 heteroatoms. The number of hydrogen-bond donors (Lipinski definition) is 3. The van der Waals surface area contributed by atoms with Crippen molar-refractivity contribution in [1.82, 2.24) is 9.88 Å². The number of benzene rings is 3. The molecule has 0 aliphatic carbocycles. The molecule has 8 nitrogen and oxygen atoms in total. The van der Waals surface area contributed by atoms with E-state index in [4.69, 9.17) is 30.9 Å². The van der Waals surface area contributed by atoms with Crippen LogP contribution in [0.5, 0.6) is 17.2 Å². The second-order valence-electron chi connectivity index (χ2n) is 9.14. The van der Waals surface area contributed by atoms with Crippen LogP contribution in [-0.4, -0.2) is 59.2 Å². The Bertz CT molecular complexity index is 1400. The van der Waals surface area contributed by atoms with Gasteiger partial charge in [0.25, 0.3) is 0 Å². The Morgan fingerprint density at radius 3 is 2.50 bits per heavy atom. The van der Waals surface area contributed by atoms with Gasteiger partial charge in [-0.25, -0.2) is 4.79 Å². The molecule has 0 fully saturated rings. The van der Waals surface area contributed by atoms with Crippen LogP contribution in [0.4, 0.5) is 4.79 Å². The first-order chi connectivity index (χ1) is 18.5. The highest BCUT2D eigenvalue weighted by molar-refractivity contribution is 6.31. The highest BCUT2D eigenvalue weighted by Gasteiger charge is 2.35. The lowest BCUT2D eigenvalue weighted by Gasteiger charge is -2.35. The van der Waals surface area contributed by atoms with E-state index in [-0.39, 0.29) is 13.2 Å². The first kappa shape index (κ1) is 25.9. The van der Waals surface area contributed by atoms with Crippen LogP contribution in [0.2, 0.25) is 5.02 Å². The third-order valence-corrected chi connectivity index (χ3v) is 6.95. The number of nitrogens with one attached hydrogen (secondary N) is 1. The van der Waals surface area contributed by atoms with Gasteiger partial charge in [0.2, 0.25) is 0 Å². The molecule has 1 aliphatic rings. The number of aliphatic hydroxyl groups excluding tert-OH is 2. The lowest BCUT2D eigenvalue weighted by molar-refractivity contribution is 0.0754. The minimum Gasteiger partial charge on any atom is -0.497 e. The van der Waals surface area contributed by atoms with Gasteiger partial charge in [0.15, 0.2) is 0 Å². The van der Waals surface area contributed by atoms with E-state index in [1.165, 1.54) is 0 Å².